The highest BCUT2D eigenvalue weighted by Crippen LogP contribution is 2.17. The second kappa shape index (κ2) is 4.84. The van der Waals surface area contributed by atoms with E-state index in [2.05, 4.69) is 0 Å². The van der Waals surface area contributed by atoms with Crippen LogP contribution in [0.3, 0.4) is 0 Å². The Morgan fingerprint density at radius 2 is 2.31 bits per heavy atom. The van der Waals surface area contributed by atoms with Gasteiger partial charge in [-0.1, -0.05) is 12.1 Å². The Morgan fingerprint density at radius 1 is 1.54 bits per heavy atom. The monoisotopic (exact) mass is 181 g/mol. The van der Waals surface area contributed by atoms with Gasteiger partial charge < -0.3 is 15.6 Å². The van der Waals surface area contributed by atoms with Crippen LogP contribution in [0.5, 0.6) is 5.75 Å². The molecule has 1 atom stereocenters. The van der Waals surface area contributed by atoms with Crippen LogP contribution in [-0.4, -0.2) is 18.3 Å². The number of rotatable bonds is 4. The number of nitrogens with two attached hydrogens (primary N) is 1. The van der Waals surface area contributed by atoms with Gasteiger partial charge in [0.05, 0.1) is 6.61 Å². The molecular formula is C10H15NO2. The fourth-order valence-electron chi connectivity index (χ4n) is 1.05. The second-order valence-electron chi connectivity index (χ2n) is 2.93. The molecule has 0 aromatic heterocycles. The highest BCUT2D eigenvalue weighted by Gasteiger charge is 2.00. The average molecular weight is 181 g/mol. The van der Waals surface area contributed by atoms with Gasteiger partial charge >= 0.3 is 0 Å². The van der Waals surface area contributed by atoms with E-state index in [-0.39, 0.29) is 12.6 Å². The summed E-state index contributed by atoms with van der Waals surface area (Å²) in [5.74, 6) is 0.754. The zero-order valence-electron chi connectivity index (χ0n) is 7.73. The van der Waals surface area contributed by atoms with Crippen LogP contribution < -0.4 is 10.5 Å². The van der Waals surface area contributed by atoms with Crippen LogP contribution in [0.1, 0.15) is 18.5 Å². The molecule has 0 saturated carbocycles. The summed E-state index contributed by atoms with van der Waals surface area (Å²) >= 11 is 0. The average Bonchev–Trinajstić information content (AvgIpc) is 2.15. The van der Waals surface area contributed by atoms with E-state index in [0.717, 1.165) is 11.3 Å². The van der Waals surface area contributed by atoms with Gasteiger partial charge in [0.25, 0.3) is 0 Å². The SMILES string of the molecule is C[C@@H](N)c1cccc(OCCO)c1. The molecule has 0 spiro atoms. The summed E-state index contributed by atoms with van der Waals surface area (Å²) in [4.78, 5) is 0. The lowest BCUT2D eigenvalue weighted by atomic mass is 10.1. The molecule has 1 aromatic rings. The predicted molar refractivity (Wildman–Crippen MR) is 51.6 cm³/mol. The largest absolute Gasteiger partial charge is 0.491 e. The van der Waals surface area contributed by atoms with Gasteiger partial charge in [0.15, 0.2) is 0 Å². The number of aliphatic hydroxyl groups excluding tert-OH is 1. The summed E-state index contributed by atoms with van der Waals surface area (Å²) in [7, 11) is 0. The minimum absolute atomic E-state index is 0.0117. The van der Waals surface area contributed by atoms with Gasteiger partial charge in [-0.3, -0.25) is 0 Å². The van der Waals surface area contributed by atoms with Gasteiger partial charge in [0.2, 0.25) is 0 Å². The molecule has 1 rings (SSSR count). The summed E-state index contributed by atoms with van der Waals surface area (Å²) in [5.41, 5.74) is 6.74. The molecule has 3 heteroatoms. The molecule has 0 bridgehead atoms. The minimum Gasteiger partial charge on any atom is -0.491 e. The molecule has 0 heterocycles. The maximum atomic E-state index is 8.56. The number of benzene rings is 1. The molecule has 0 fully saturated rings. The minimum atomic E-state index is 0.0117. The molecule has 3 N–H and O–H groups in total. The zero-order chi connectivity index (χ0) is 9.68. The summed E-state index contributed by atoms with van der Waals surface area (Å²) in [6.45, 7) is 2.27. The maximum absolute atomic E-state index is 8.56. The second-order valence-corrected chi connectivity index (χ2v) is 2.93. The topological polar surface area (TPSA) is 55.5 Å². The third-order valence-electron chi connectivity index (χ3n) is 1.74. The van der Waals surface area contributed by atoms with Crippen molar-refractivity contribution in [1.29, 1.82) is 0 Å². The number of hydrogen-bond acceptors (Lipinski definition) is 3. The van der Waals surface area contributed by atoms with E-state index in [0.29, 0.717) is 6.61 Å². The van der Waals surface area contributed by atoms with Gasteiger partial charge in [-0.2, -0.15) is 0 Å². The molecule has 3 nitrogen and oxygen atoms in total. The lowest BCUT2D eigenvalue weighted by Crippen LogP contribution is -2.06. The van der Waals surface area contributed by atoms with Crippen molar-refractivity contribution < 1.29 is 9.84 Å². The van der Waals surface area contributed by atoms with Crippen molar-refractivity contribution in [3.05, 3.63) is 29.8 Å². The van der Waals surface area contributed by atoms with Gasteiger partial charge in [0, 0.05) is 6.04 Å². The summed E-state index contributed by atoms with van der Waals surface area (Å²) in [5, 5.41) is 8.56. The predicted octanol–water partition coefficient (Wildman–Crippen LogP) is 1.08. The lowest BCUT2D eigenvalue weighted by Gasteiger charge is -2.08. The fraction of sp³-hybridized carbons (Fsp3) is 0.400. The number of hydrogen-bond donors (Lipinski definition) is 2. The third kappa shape index (κ3) is 3.05. The fourth-order valence-corrected chi connectivity index (χ4v) is 1.05. The zero-order valence-corrected chi connectivity index (χ0v) is 7.73. The van der Waals surface area contributed by atoms with Gasteiger partial charge in [-0.25, -0.2) is 0 Å². The van der Waals surface area contributed by atoms with Crippen molar-refractivity contribution >= 4 is 0 Å². The van der Waals surface area contributed by atoms with E-state index in [1.54, 1.807) is 0 Å². The van der Waals surface area contributed by atoms with E-state index < -0.39 is 0 Å². The van der Waals surface area contributed by atoms with Gasteiger partial charge in [0.1, 0.15) is 12.4 Å². The normalized spacial score (nSPS) is 12.5. The molecular weight excluding hydrogens is 166 g/mol. The van der Waals surface area contributed by atoms with Crippen molar-refractivity contribution in [1.82, 2.24) is 0 Å². The van der Waals surface area contributed by atoms with Crippen LogP contribution in [0.2, 0.25) is 0 Å². The molecule has 0 radical (unpaired) electrons. The van der Waals surface area contributed by atoms with Crippen LogP contribution in [0.15, 0.2) is 24.3 Å². The molecule has 72 valence electrons. The lowest BCUT2D eigenvalue weighted by molar-refractivity contribution is 0.201. The Labute approximate surface area is 78.1 Å². The highest BCUT2D eigenvalue weighted by molar-refractivity contribution is 5.30. The quantitative estimate of drug-likeness (QED) is 0.730. The third-order valence-corrected chi connectivity index (χ3v) is 1.74. The summed E-state index contributed by atoms with van der Waals surface area (Å²) < 4.78 is 5.24. The van der Waals surface area contributed by atoms with Crippen molar-refractivity contribution in [3.63, 3.8) is 0 Å². The first-order chi connectivity index (χ1) is 6.24. The first kappa shape index (κ1) is 10.0. The van der Waals surface area contributed by atoms with Crippen molar-refractivity contribution in [3.8, 4) is 5.75 Å². The molecule has 0 aliphatic rings. The van der Waals surface area contributed by atoms with Crippen LogP contribution in [0.4, 0.5) is 0 Å². The Kier molecular flexibility index (Phi) is 3.73. The summed E-state index contributed by atoms with van der Waals surface area (Å²) in [6, 6.07) is 7.60. The van der Waals surface area contributed by atoms with Crippen LogP contribution in [0, 0.1) is 0 Å². The Hall–Kier alpha value is -1.06. The maximum Gasteiger partial charge on any atom is 0.119 e. The molecule has 0 aliphatic heterocycles. The van der Waals surface area contributed by atoms with Gasteiger partial charge in [-0.05, 0) is 24.6 Å². The van der Waals surface area contributed by atoms with E-state index >= 15 is 0 Å². The van der Waals surface area contributed by atoms with E-state index in [9.17, 15) is 0 Å². The molecule has 13 heavy (non-hydrogen) atoms. The van der Waals surface area contributed by atoms with Gasteiger partial charge in [-0.15, -0.1) is 0 Å². The first-order valence-electron chi connectivity index (χ1n) is 4.33. The molecule has 0 unspecified atom stereocenters. The Morgan fingerprint density at radius 3 is 2.92 bits per heavy atom. The molecule has 0 saturated heterocycles. The Balaban J connectivity index is 2.68. The molecule has 0 aliphatic carbocycles. The highest BCUT2D eigenvalue weighted by atomic mass is 16.5. The van der Waals surface area contributed by atoms with Crippen LogP contribution in [-0.2, 0) is 0 Å². The molecule has 1 aromatic carbocycles. The van der Waals surface area contributed by atoms with E-state index in [4.69, 9.17) is 15.6 Å². The summed E-state index contributed by atoms with van der Waals surface area (Å²) in [6.07, 6.45) is 0. The van der Waals surface area contributed by atoms with Crippen LogP contribution >= 0.6 is 0 Å². The standard InChI is InChI=1S/C10H15NO2/c1-8(11)9-3-2-4-10(7-9)13-6-5-12/h2-4,7-8,12H,5-6,11H2,1H3/t8-/m1/s1. The van der Waals surface area contributed by atoms with Crippen molar-refractivity contribution in [2.75, 3.05) is 13.2 Å². The molecule has 0 amide bonds. The van der Waals surface area contributed by atoms with E-state index in [1.165, 1.54) is 0 Å². The van der Waals surface area contributed by atoms with Crippen molar-refractivity contribution in [2.24, 2.45) is 5.73 Å². The van der Waals surface area contributed by atoms with Crippen LogP contribution in [0.25, 0.3) is 0 Å². The smallest absolute Gasteiger partial charge is 0.119 e. The Bertz CT molecular complexity index is 261. The van der Waals surface area contributed by atoms with E-state index in [1.807, 2.05) is 31.2 Å². The first-order valence-corrected chi connectivity index (χ1v) is 4.33. The van der Waals surface area contributed by atoms with Crippen molar-refractivity contribution in [2.45, 2.75) is 13.0 Å². The number of ether oxygens (including phenoxy) is 1. The number of aliphatic hydroxyl groups is 1.